The Morgan fingerprint density at radius 1 is 1.42 bits per heavy atom. The van der Waals surface area contributed by atoms with Crippen LogP contribution in [0.2, 0.25) is 0 Å². The molecule has 19 heavy (non-hydrogen) atoms. The summed E-state index contributed by atoms with van der Waals surface area (Å²) in [6, 6.07) is 6.12. The standard InChI is InChI=1S/C16H22O3/c1-11(2)12-5-6-14(19-3)13(9-12)10-16(15(17)18)7-4-8-16/h5-6,9,11H,4,7-8,10H2,1-3H3,(H,17,18). The van der Waals surface area contributed by atoms with E-state index in [0.717, 1.165) is 30.6 Å². The van der Waals surface area contributed by atoms with Gasteiger partial charge in [0, 0.05) is 0 Å². The number of aliphatic carboxylic acids is 1. The lowest BCUT2D eigenvalue weighted by Gasteiger charge is -2.38. The molecule has 1 N–H and O–H groups in total. The minimum Gasteiger partial charge on any atom is -0.496 e. The Morgan fingerprint density at radius 3 is 2.53 bits per heavy atom. The van der Waals surface area contributed by atoms with Crippen molar-refractivity contribution in [2.45, 2.75) is 45.4 Å². The first-order valence-corrected chi connectivity index (χ1v) is 6.89. The van der Waals surface area contributed by atoms with E-state index >= 15 is 0 Å². The van der Waals surface area contributed by atoms with Gasteiger partial charge in [0.15, 0.2) is 0 Å². The Kier molecular flexibility index (Phi) is 3.83. The van der Waals surface area contributed by atoms with Gasteiger partial charge in [-0.3, -0.25) is 4.79 Å². The highest BCUT2D eigenvalue weighted by molar-refractivity contribution is 5.76. The van der Waals surface area contributed by atoms with Crippen molar-refractivity contribution in [1.29, 1.82) is 0 Å². The van der Waals surface area contributed by atoms with E-state index in [4.69, 9.17) is 4.74 Å². The lowest BCUT2D eigenvalue weighted by Crippen LogP contribution is -2.40. The van der Waals surface area contributed by atoms with Crippen molar-refractivity contribution in [3.05, 3.63) is 29.3 Å². The molecule has 3 heteroatoms. The quantitative estimate of drug-likeness (QED) is 0.881. The summed E-state index contributed by atoms with van der Waals surface area (Å²) in [7, 11) is 1.64. The van der Waals surface area contributed by atoms with E-state index in [0.29, 0.717) is 12.3 Å². The highest BCUT2D eigenvalue weighted by atomic mass is 16.5. The van der Waals surface area contributed by atoms with E-state index in [1.807, 2.05) is 6.07 Å². The van der Waals surface area contributed by atoms with Crippen molar-refractivity contribution in [1.82, 2.24) is 0 Å². The topological polar surface area (TPSA) is 46.5 Å². The van der Waals surface area contributed by atoms with Gasteiger partial charge in [-0.2, -0.15) is 0 Å². The number of benzene rings is 1. The zero-order valence-electron chi connectivity index (χ0n) is 11.9. The van der Waals surface area contributed by atoms with Crippen LogP contribution < -0.4 is 4.74 Å². The second-order valence-corrected chi connectivity index (χ2v) is 5.84. The van der Waals surface area contributed by atoms with Crippen molar-refractivity contribution < 1.29 is 14.6 Å². The van der Waals surface area contributed by atoms with Crippen molar-refractivity contribution in [3.63, 3.8) is 0 Å². The molecule has 1 aliphatic rings. The maximum absolute atomic E-state index is 11.5. The van der Waals surface area contributed by atoms with Gasteiger partial charge in [0.25, 0.3) is 0 Å². The number of ether oxygens (including phenoxy) is 1. The maximum Gasteiger partial charge on any atom is 0.309 e. The molecular weight excluding hydrogens is 240 g/mol. The molecule has 1 saturated carbocycles. The molecule has 0 radical (unpaired) electrons. The fourth-order valence-corrected chi connectivity index (χ4v) is 2.73. The second kappa shape index (κ2) is 5.24. The van der Waals surface area contributed by atoms with Crippen LogP contribution in [-0.2, 0) is 11.2 Å². The molecule has 0 amide bonds. The summed E-state index contributed by atoms with van der Waals surface area (Å²) in [5.41, 5.74) is 1.69. The monoisotopic (exact) mass is 262 g/mol. The van der Waals surface area contributed by atoms with Gasteiger partial charge in [-0.1, -0.05) is 32.4 Å². The smallest absolute Gasteiger partial charge is 0.309 e. The summed E-state index contributed by atoms with van der Waals surface area (Å²) in [5.74, 6) is 0.569. The predicted molar refractivity (Wildman–Crippen MR) is 74.7 cm³/mol. The van der Waals surface area contributed by atoms with Crippen LogP contribution in [0, 0.1) is 5.41 Å². The molecule has 104 valence electrons. The molecule has 0 aliphatic heterocycles. The normalized spacial score (nSPS) is 17.1. The number of hydrogen-bond acceptors (Lipinski definition) is 2. The summed E-state index contributed by atoms with van der Waals surface area (Å²) >= 11 is 0. The minimum atomic E-state index is -0.671. The molecule has 1 aromatic carbocycles. The maximum atomic E-state index is 11.5. The molecule has 0 saturated heterocycles. The van der Waals surface area contributed by atoms with E-state index in [-0.39, 0.29) is 0 Å². The molecule has 1 fully saturated rings. The van der Waals surface area contributed by atoms with Crippen LogP contribution in [0.4, 0.5) is 0 Å². The predicted octanol–water partition coefficient (Wildman–Crippen LogP) is 3.62. The van der Waals surface area contributed by atoms with E-state index in [1.54, 1.807) is 7.11 Å². The summed E-state index contributed by atoms with van der Waals surface area (Å²) in [6.07, 6.45) is 3.14. The van der Waals surface area contributed by atoms with E-state index in [1.165, 1.54) is 5.56 Å². The Bertz CT molecular complexity index is 473. The Morgan fingerprint density at radius 2 is 2.11 bits per heavy atom. The lowest BCUT2D eigenvalue weighted by atomic mass is 9.65. The number of carboxylic acids is 1. The third-order valence-electron chi connectivity index (χ3n) is 4.26. The zero-order valence-corrected chi connectivity index (χ0v) is 11.9. The van der Waals surface area contributed by atoms with Crippen LogP contribution in [0.25, 0.3) is 0 Å². The molecule has 1 aromatic rings. The average Bonchev–Trinajstić information content (AvgIpc) is 2.32. The fourth-order valence-electron chi connectivity index (χ4n) is 2.73. The van der Waals surface area contributed by atoms with E-state index < -0.39 is 11.4 Å². The van der Waals surface area contributed by atoms with Crippen LogP contribution in [0.1, 0.15) is 50.2 Å². The van der Waals surface area contributed by atoms with Gasteiger partial charge < -0.3 is 9.84 Å². The Hall–Kier alpha value is -1.51. The number of carboxylic acid groups (broad SMARTS) is 1. The molecule has 0 unspecified atom stereocenters. The van der Waals surface area contributed by atoms with Gasteiger partial charge in [0.05, 0.1) is 12.5 Å². The summed E-state index contributed by atoms with van der Waals surface area (Å²) in [6.45, 7) is 4.28. The van der Waals surface area contributed by atoms with Gasteiger partial charge in [-0.05, 0) is 42.4 Å². The van der Waals surface area contributed by atoms with Crippen LogP contribution in [0.3, 0.4) is 0 Å². The average molecular weight is 262 g/mol. The van der Waals surface area contributed by atoms with Crippen molar-refractivity contribution in [3.8, 4) is 5.75 Å². The van der Waals surface area contributed by atoms with Crippen molar-refractivity contribution in [2.75, 3.05) is 7.11 Å². The minimum absolute atomic E-state index is 0.437. The summed E-state index contributed by atoms with van der Waals surface area (Å²) < 4.78 is 5.38. The first-order chi connectivity index (χ1) is 8.98. The number of methoxy groups -OCH3 is 1. The molecule has 0 atom stereocenters. The van der Waals surface area contributed by atoms with Crippen LogP contribution in [0.5, 0.6) is 5.75 Å². The summed E-state index contributed by atoms with van der Waals surface area (Å²) in [5, 5.41) is 9.45. The van der Waals surface area contributed by atoms with Crippen LogP contribution in [-0.4, -0.2) is 18.2 Å². The molecular formula is C16H22O3. The van der Waals surface area contributed by atoms with Gasteiger partial charge in [-0.15, -0.1) is 0 Å². The van der Waals surface area contributed by atoms with E-state index in [9.17, 15) is 9.90 Å². The first-order valence-electron chi connectivity index (χ1n) is 6.89. The molecule has 0 bridgehead atoms. The molecule has 2 rings (SSSR count). The van der Waals surface area contributed by atoms with Crippen molar-refractivity contribution in [2.24, 2.45) is 5.41 Å². The lowest BCUT2D eigenvalue weighted by molar-refractivity contribution is -0.154. The molecule has 0 spiro atoms. The fraction of sp³-hybridized carbons (Fsp3) is 0.562. The largest absolute Gasteiger partial charge is 0.496 e. The number of carbonyl (C=O) groups is 1. The first kappa shape index (κ1) is 13.9. The van der Waals surface area contributed by atoms with Crippen LogP contribution >= 0.6 is 0 Å². The Balaban J connectivity index is 2.32. The number of rotatable bonds is 5. The van der Waals surface area contributed by atoms with Gasteiger partial charge >= 0.3 is 5.97 Å². The molecule has 0 heterocycles. The number of hydrogen-bond donors (Lipinski definition) is 1. The SMILES string of the molecule is COc1ccc(C(C)C)cc1CC1(C(=O)O)CCC1. The van der Waals surface area contributed by atoms with Gasteiger partial charge in [0.1, 0.15) is 5.75 Å². The van der Waals surface area contributed by atoms with Gasteiger partial charge in [-0.25, -0.2) is 0 Å². The van der Waals surface area contributed by atoms with Gasteiger partial charge in [0.2, 0.25) is 0 Å². The van der Waals surface area contributed by atoms with E-state index in [2.05, 4.69) is 26.0 Å². The highest BCUT2D eigenvalue weighted by Gasteiger charge is 2.44. The van der Waals surface area contributed by atoms with Crippen molar-refractivity contribution >= 4 is 5.97 Å². The third-order valence-corrected chi connectivity index (χ3v) is 4.26. The molecule has 0 aromatic heterocycles. The zero-order chi connectivity index (χ0) is 14.0. The Labute approximate surface area is 114 Å². The summed E-state index contributed by atoms with van der Waals surface area (Å²) in [4.78, 5) is 11.5. The highest BCUT2D eigenvalue weighted by Crippen LogP contribution is 2.45. The third kappa shape index (κ3) is 2.60. The molecule has 1 aliphatic carbocycles. The second-order valence-electron chi connectivity index (χ2n) is 5.84. The van der Waals surface area contributed by atoms with Crippen LogP contribution in [0.15, 0.2) is 18.2 Å². The molecule has 3 nitrogen and oxygen atoms in total.